The molecule has 3 nitrogen and oxygen atoms in total. The van der Waals surface area contributed by atoms with E-state index in [0.717, 1.165) is 17.1 Å². The first kappa shape index (κ1) is 11.6. The summed E-state index contributed by atoms with van der Waals surface area (Å²) in [6, 6.07) is 0. The maximum absolute atomic E-state index is 9.58. The smallest absolute Gasteiger partial charge is 0.0954 e. The first-order chi connectivity index (χ1) is 6.72. The molecule has 4 heteroatoms. The van der Waals surface area contributed by atoms with E-state index < -0.39 is 6.10 Å². The topological polar surface area (TPSA) is 42.4 Å². The van der Waals surface area contributed by atoms with Crippen LogP contribution in [-0.4, -0.2) is 29.4 Å². The number of aliphatic hydroxyl groups is 1. The Morgan fingerprint density at radius 2 is 2.43 bits per heavy atom. The van der Waals surface area contributed by atoms with Crippen LogP contribution in [0.4, 0.5) is 0 Å². The molecule has 14 heavy (non-hydrogen) atoms. The third-order valence-electron chi connectivity index (χ3n) is 1.74. The van der Waals surface area contributed by atoms with Crippen molar-refractivity contribution in [3.63, 3.8) is 0 Å². The number of rotatable bonds is 6. The van der Waals surface area contributed by atoms with Gasteiger partial charge in [-0.1, -0.05) is 6.92 Å². The number of aliphatic hydroxyl groups excluding tert-OH is 1. The van der Waals surface area contributed by atoms with Gasteiger partial charge in [0.05, 0.1) is 17.7 Å². The summed E-state index contributed by atoms with van der Waals surface area (Å²) in [6.07, 6.45) is 1.16. The van der Waals surface area contributed by atoms with Crippen molar-refractivity contribution in [3.8, 4) is 0 Å². The van der Waals surface area contributed by atoms with Crippen LogP contribution in [0.2, 0.25) is 0 Å². The molecule has 1 aromatic heterocycles. The molecule has 0 saturated carbocycles. The molecule has 1 heterocycles. The quantitative estimate of drug-likeness (QED) is 0.736. The Kier molecular flexibility index (Phi) is 5.07. The molecular weight excluding hydrogens is 198 g/mol. The zero-order valence-electron chi connectivity index (χ0n) is 8.69. The molecule has 1 unspecified atom stereocenters. The lowest BCUT2D eigenvalue weighted by molar-refractivity contribution is 0.0374. The van der Waals surface area contributed by atoms with Gasteiger partial charge in [-0.25, -0.2) is 4.98 Å². The summed E-state index contributed by atoms with van der Waals surface area (Å²) >= 11 is 1.59. The van der Waals surface area contributed by atoms with Crippen molar-refractivity contribution in [1.82, 2.24) is 4.98 Å². The zero-order valence-corrected chi connectivity index (χ0v) is 9.51. The minimum Gasteiger partial charge on any atom is -0.390 e. The number of aryl methyl sites for hydroxylation is 1. The predicted octanol–water partition coefficient (Wildman–Crippen LogP) is 1.78. The standard InChI is InChI=1S/C10H17NO2S/c1-3-4-13-6-9(12)5-10-11-8(2)7-14-10/h7,9,12H,3-6H2,1-2H3. The molecule has 0 aliphatic heterocycles. The lowest BCUT2D eigenvalue weighted by Crippen LogP contribution is -2.18. The molecular formula is C10H17NO2S. The Labute approximate surface area is 88.8 Å². The number of nitrogens with zero attached hydrogens (tertiary/aromatic N) is 1. The molecule has 0 spiro atoms. The third kappa shape index (κ3) is 4.17. The van der Waals surface area contributed by atoms with Crippen LogP contribution in [0.25, 0.3) is 0 Å². The van der Waals surface area contributed by atoms with E-state index in [2.05, 4.69) is 11.9 Å². The van der Waals surface area contributed by atoms with Gasteiger partial charge in [-0.05, 0) is 13.3 Å². The van der Waals surface area contributed by atoms with Gasteiger partial charge in [-0.3, -0.25) is 0 Å². The Balaban J connectivity index is 2.23. The second kappa shape index (κ2) is 6.11. The van der Waals surface area contributed by atoms with Crippen molar-refractivity contribution < 1.29 is 9.84 Å². The van der Waals surface area contributed by atoms with Gasteiger partial charge in [0, 0.05) is 24.1 Å². The van der Waals surface area contributed by atoms with Crippen molar-refractivity contribution in [2.75, 3.05) is 13.2 Å². The van der Waals surface area contributed by atoms with Crippen LogP contribution in [0.1, 0.15) is 24.0 Å². The van der Waals surface area contributed by atoms with Crippen molar-refractivity contribution in [2.45, 2.75) is 32.8 Å². The van der Waals surface area contributed by atoms with Crippen molar-refractivity contribution >= 4 is 11.3 Å². The fourth-order valence-electron chi connectivity index (χ4n) is 1.12. The molecule has 0 fully saturated rings. The minimum atomic E-state index is -0.424. The first-order valence-corrected chi connectivity index (χ1v) is 5.77. The molecule has 0 saturated heterocycles. The summed E-state index contributed by atoms with van der Waals surface area (Å²) in [5, 5.41) is 12.6. The van der Waals surface area contributed by atoms with Crippen LogP contribution in [-0.2, 0) is 11.2 Å². The van der Waals surface area contributed by atoms with Gasteiger partial charge >= 0.3 is 0 Å². The fourth-order valence-corrected chi connectivity index (χ4v) is 1.97. The zero-order chi connectivity index (χ0) is 10.4. The van der Waals surface area contributed by atoms with E-state index in [1.807, 2.05) is 12.3 Å². The summed E-state index contributed by atoms with van der Waals surface area (Å²) in [5.41, 5.74) is 1.02. The molecule has 0 aliphatic rings. The highest BCUT2D eigenvalue weighted by atomic mass is 32.1. The van der Waals surface area contributed by atoms with Crippen molar-refractivity contribution in [1.29, 1.82) is 0 Å². The second-order valence-electron chi connectivity index (χ2n) is 3.32. The summed E-state index contributed by atoms with van der Waals surface area (Å²) in [4.78, 5) is 4.28. The first-order valence-electron chi connectivity index (χ1n) is 4.89. The monoisotopic (exact) mass is 215 g/mol. The van der Waals surface area contributed by atoms with E-state index in [9.17, 15) is 5.11 Å². The highest BCUT2D eigenvalue weighted by Gasteiger charge is 2.08. The molecule has 0 bridgehead atoms. The van der Waals surface area contributed by atoms with E-state index in [1.165, 1.54) is 0 Å². The molecule has 0 aliphatic carbocycles. The lowest BCUT2D eigenvalue weighted by Gasteiger charge is -2.08. The van der Waals surface area contributed by atoms with Crippen LogP contribution in [0.15, 0.2) is 5.38 Å². The van der Waals surface area contributed by atoms with Gasteiger partial charge in [0.15, 0.2) is 0 Å². The number of ether oxygens (including phenoxy) is 1. The van der Waals surface area contributed by atoms with Crippen LogP contribution in [0, 0.1) is 6.92 Å². The summed E-state index contributed by atoms with van der Waals surface area (Å²) in [6.45, 7) is 5.14. The largest absolute Gasteiger partial charge is 0.390 e. The van der Waals surface area contributed by atoms with E-state index >= 15 is 0 Å². The minimum absolute atomic E-state index is 0.409. The lowest BCUT2D eigenvalue weighted by atomic mass is 10.3. The van der Waals surface area contributed by atoms with E-state index in [0.29, 0.717) is 19.6 Å². The molecule has 1 rings (SSSR count). The normalized spacial score (nSPS) is 13.1. The highest BCUT2D eigenvalue weighted by molar-refractivity contribution is 7.09. The average Bonchev–Trinajstić information content (AvgIpc) is 2.52. The summed E-state index contributed by atoms with van der Waals surface area (Å²) < 4.78 is 5.25. The third-order valence-corrected chi connectivity index (χ3v) is 2.72. The van der Waals surface area contributed by atoms with E-state index in [-0.39, 0.29) is 0 Å². The maximum atomic E-state index is 9.58. The summed E-state index contributed by atoms with van der Waals surface area (Å²) in [5.74, 6) is 0. The molecule has 80 valence electrons. The molecule has 0 radical (unpaired) electrons. The average molecular weight is 215 g/mol. The van der Waals surface area contributed by atoms with Crippen molar-refractivity contribution in [2.24, 2.45) is 0 Å². The van der Waals surface area contributed by atoms with Gasteiger partial charge in [-0.15, -0.1) is 11.3 Å². The van der Waals surface area contributed by atoms with Gasteiger partial charge in [-0.2, -0.15) is 0 Å². The van der Waals surface area contributed by atoms with E-state index in [1.54, 1.807) is 11.3 Å². The van der Waals surface area contributed by atoms with Crippen LogP contribution >= 0.6 is 11.3 Å². The van der Waals surface area contributed by atoms with Gasteiger partial charge < -0.3 is 9.84 Å². The molecule has 0 amide bonds. The Hall–Kier alpha value is -0.450. The molecule has 1 atom stereocenters. The summed E-state index contributed by atoms with van der Waals surface area (Å²) in [7, 11) is 0. The van der Waals surface area contributed by atoms with Crippen LogP contribution in [0.5, 0.6) is 0 Å². The SMILES string of the molecule is CCCOCC(O)Cc1nc(C)cs1. The van der Waals surface area contributed by atoms with E-state index in [4.69, 9.17) is 4.74 Å². The number of thiazole rings is 1. The van der Waals surface area contributed by atoms with Gasteiger partial charge in [0.1, 0.15) is 0 Å². The van der Waals surface area contributed by atoms with Crippen molar-refractivity contribution in [3.05, 3.63) is 16.1 Å². The predicted molar refractivity (Wildman–Crippen MR) is 57.7 cm³/mol. The Morgan fingerprint density at radius 1 is 1.64 bits per heavy atom. The van der Waals surface area contributed by atoms with Crippen LogP contribution < -0.4 is 0 Å². The van der Waals surface area contributed by atoms with Crippen LogP contribution in [0.3, 0.4) is 0 Å². The highest BCUT2D eigenvalue weighted by Crippen LogP contribution is 2.11. The van der Waals surface area contributed by atoms with Gasteiger partial charge in [0.25, 0.3) is 0 Å². The molecule has 1 N–H and O–H groups in total. The Morgan fingerprint density at radius 3 is 3.00 bits per heavy atom. The number of hydrogen-bond acceptors (Lipinski definition) is 4. The maximum Gasteiger partial charge on any atom is 0.0954 e. The molecule has 0 aromatic carbocycles. The Bertz CT molecular complexity index is 262. The fraction of sp³-hybridized carbons (Fsp3) is 0.700. The number of aromatic nitrogens is 1. The number of hydrogen-bond donors (Lipinski definition) is 1. The second-order valence-corrected chi connectivity index (χ2v) is 4.26. The molecule has 1 aromatic rings. The van der Waals surface area contributed by atoms with Gasteiger partial charge in [0.2, 0.25) is 0 Å².